The van der Waals surface area contributed by atoms with Crippen molar-refractivity contribution in [2.75, 3.05) is 18.7 Å². The summed E-state index contributed by atoms with van der Waals surface area (Å²) in [5.41, 5.74) is 0.875. The molecule has 0 aliphatic rings. The third kappa shape index (κ3) is 3.75. The molecular formula is C16H16N4O3S. The number of thioether (sulfide) groups is 1. The first-order valence-electron chi connectivity index (χ1n) is 6.98. The van der Waals surface area contributed by atoms with Gasteiger partial charge in [-0.3, -0.25) is 14.2 Å². The fourth-order valence-corrected chi connectivity index (χ4v) is 2.59. The highest BCUT2D eigenvalue weighted by molar-refractivity contribution is 7.98. The molecule has 0 unspecified atom stereocenters. The molecule has 7 nitrogen and oxygen atoms in total. The van der Waals surface area contributed by atoms with Gasteiger partial charge in [0.15, 0.2) is 0 Å². The van der Waals surface area contributed by atoms with Crippen LogP contribution in [0.3, 0.4) is 0 Å². The van der Waals surface area contributed by atoms with Crippen molar-refractivity contribution in [1.82, 2.24) is 9.55 Å². The van der Waals surface area contributed by atoms with Crippen LogP contribution in [0.15, 0.2) is 34.3 Å². The van der Waals surface area contributed by atoms with E-state index in [2.05, 4.69) is 10.3 Å². The molecule has 2 aromatic rings. The van der Waals surface area contributed by atoms with Gasteiger partial charge in [-0.05, 0) is 30.9 Å². The van der Waals surface area contributed by atoms with Crippen molar-refractivity contribution in [1.29, 1.82) is 5.26 Å². The van der Waals surface area contributed by atoms with Crippen molar-refractivity contribution in [2.45, 2.75) is 18.5 Å². The molecule has 124 valence electrons. The summed E-state index contributed by atoms with van der Waals surface area (Å²) < 4.78 is 6.31. The molecule has 8 heteroatoms. The van der Waals surface area contributed by atoms with Crippen LogP contribution in [0.4, 0.5) is 5.69 Å². The Bertz CT molecular complexity index is 871. The van der Waals surface area contributed by atoms with Crippen molar-refractivity contribution < 1.29 is 9.53 Å². The summed E-state index contributed by atoms with van der Waals surface area (Å²) in [6.07, 6.45) is 2.99. The Balaban J connectivity index is 2.24. The molecule has 0 aliphatic heterocycles. The minimum Gasteiger partial charge on any atom is -0.495 e. The highest BCUT2D eigenvalue weighted by Crippen LogP contribution is 2.25. The maximum absolute atomic E-state index is 12.2. The lowest BCUT2D eigenvalue weighted by molar-refractivity contribution is -0.116. The van der Waals surface area contributed by atoms with Crippen LogP contribution in [0.2, 0.25) is 0 Å². The predicted molar refractivity (Wildman–Crippen MR) is 91.4 cm³/mol. The van der Waals surface area contributed by atoms with Crippen molar-refractivity contribution in [3.05, 3.63) is 46.0 Å². The number of anilines is 1. The van der Waals surface area contributed by atoms with E-state index in [-0.39, 0.29) is 12.1 Å². The zero-order valence-electron chi connectivity index (χ0n) is 13.5. The van der Waals surface area contributed by atoms with E-state index >= 15 is 0 Å². The lowest BCUT2D eigenvalue weighted by atomic mass is 10.2. The summed E-state index contributed by atoms with van der Waals surface area (Å²) in [5.74, 6) is 0.110. The van der Waals surface area contributed by atoms with Crippen LogP contribution in [-0.2, 0) is 11.3 Å². The molecule has 0 saturated heterocycles. The van der Waals surface area contributed by atoms with Crippen molar-refractivity contribution in [3.63, 3.8) is 0 Å². The normalized spacial score (nSPS) is 10.1. The second-order valence-corrected chi connectivity index (χ2v) is 5.72. The molecule has 0 fully saturated rings. The summed E-state index contributed by atoms with van der Waals surface area (Å²) in [7, 11) is 1.51. The molecule has 1 aromatic heterocycles. The van der Waals surface area contributed by atoms with Crippen LogP contribution in [-0.4, -0.2) is 28.8 Å². The maximum atomic E-state index is 12.2. The molecule has 1 heterocycles. The smallest absolute Gasteiger partial charge is 0.272 e. The van der Waals surface area contributed by atoms with Gasteiger partial charge in [0.1, 0.15) is 29.0 Å². The Morgan fingerprint density at radius 2 is 2.25 bits per heavy atom. The van der Waals surface area contributed by atoms with Gasteiger partial charge in [0.05, 0.1) is 19.1 Å². The Kier molecular flexibility index (Phi) is 5.60. The summed E-state index contributed by atoms with van der Waals surface area (Å²) in [6, 6.07) is 7.22. The zero-order chi connectivity index (χ0) is 17.7. The number of amides is 1. The molecule has 2 rings (SSSR count). The van der Waals surface area contributed by atoms with Crippen LogP contribution in [0.1, 0.15) is 11.1 Å². The zero-order valence-corrected chi connectivity index (χ0v) is 14.3. The predicted octanol–water partition coefficient (Wildman–Crippen LogP) is 1.79. The number of nitrogens with zero attached hydrogens (tertiary/aromatic N) is 3. The minimum atomic E-state index is -0.539. The number of nitriles is 1. The number of rotatable bonds is 5. The van der Waals surface area contributed by atoms with E-state index in [9.17, 15) is 9.59 Å². The van der Waals surface area contributed by atoms with Crippen LogP contribution >= 0.6 is 11.8 Å². The maximum Gasteiger partial charge on any atom is 0.272 e. The quantitative estimate of drug-likeness (QED) is 0.656. The molecule has 0 radical (unpaired) electrons. The number of nitrogens with one attached hydrogen (secondary N) is 1. The van der Waals surface area contributed by atoms with Crippen LogP contribution in [0.5, 0.6) is 5.75 Å². The molecule has 0 spiro atoms. The number of aryl methyl sites for hydroxylation is 1. The largest absolute Gasteiger partial charge is 0.495 e. The second kappa shape index (κ2) is 7.66. The number of carbonyl (C=O) groups excluding carboxylic acids is 1. The highest BCUT2D eigenvalue weighted by Gasteiger charge is 2.14. The third-order valence-electron chi connectivity index (χ3n) is 3.25. The Labute approximate surface area is 143 Å². The summed E-state index contributed by atoms with van der Waals surface area (Å²) in [4.78, 5) is 28.5. The van der Waals surface area contributed by atoms with Gasteiger partial charge in [-0.25, -0.2) is 4.98 Å². The fourth-order valence-electron chi connectivity index (χ4n) is 2.10. The molecule has 0 saturated carbocycles. The number of benzene rings is 1. The second-order valence-electron chi connectivity index (χ2n) is 4.93. The van der Waals surface area contributed by atoms with Gasteiger partial charge in [-0.15, -0.1) is 11.8 Å². The van der Waals surface area contributed by atoms with Crippen LogP contribution < -0.4 is 15.6 Å². The molecule has 24 heavy (non-hydrogen) atoms. The molecule has 1 amide bonds. The molecule has 1 aromatic carbocycles. The molecule has 1 N–H and O–H groups in total. The number of hydrogen-bond acceptors (Lipinski definition) is 6. The van der Waals surface area contributed by atoms with Gasteiger partial charge < -0.3 is 10.1 Å². The molecule has 0 atom stereocenters. The number of ether oxygens (including phenoxy) is 1. The minimum absolute atomic E-state index is 0.0639. The van der Waals surface area contributed by atoms with Gasteiger partial charge in [-0.2, -0.15) is 5.26 Å². The van der Waals surface area contributed by atoms with Crippen LogP contribution in [0, 0.1) is 18.3 Å². The Hall–Kier alpha value is -2.79. The SMILES string of the molecule is COc1ccc(C)cc1NC(=O)Cn1cnc(SC)c(C#N)c1=O. The first-order valence-corrected chi connectivity index (χ1v) is 8.20. The van der Waals surface area contributed by atoms with Crippen molar-refractivity contribution in [2.24, 2.45) is 0 Å². The Morgan fingerprint density at radius 1 is 1.50 bits per heavy atom. The first kappa shape index (κ1) is 17.6. The number of carbonyl (C=O) groups is 1. The average molecular weight is 344 g/mol. The van der Waals surface area contributed by atoms with Crippen molar-refractivity contribution >= 4 is 23.4 Å². The summed E-state index contributed by atoms with van der Waals surface area (Å²) >= 11 is 1.21. The topological polar surface area (TPSA) is 97.0 Å². The van der Waals surface area contributed by atoms with E-state index in [1.807, 2.05) is 19.1 Å². The van der Waals surface area contributed by atoms with E-state index in [0.29, 0.717) is 16.5 Å². The first-order chi connectivity index (χ1) is 11.5. The molecular weight excluding hydrogens is 328 g/mol. The summed E-state index contributed by atoms with van der Waals surface area (Å²) in [5, 5.41) is 12.1. The van der Waals surface area contributed by atoms with Gasteiger partial charge in [0.2, 0.25) is 5.91 Å². The van der Waals surface area contributed by atoms with E-state index < -0.39 is 11.5 Å². The highest BCUT2D eigenvalue weighted by atomic mass is 32.2. The average Bonchev–Trinajstić information content (AvgIpc) is 2.56. The van der Waals surface area contributed by atoms with Gasteiger partial charge in [0.25, 0.3) is 5.56 Å². The number of methoxy groups -OCH3 is 1. The molecule has 0 aliphatic carbocycles. The standard InChI is InChI=1S/C16H16N4O3S/c1-10-4-5-13(23-2)12(6-10)19-14(21)8-20-9-18-15(24-3)11(7-17)16(20)22/h4-6,9H,8H2,1-3H3,(H,19,21). The van der Waals surface area contributed by atoms with Crippen LogP contribution in [0.25, 0.3) is 0 Å². The lowest BCUT2D eigenvalue weighted by Gasteiger charge is -2.12. The van der Waals surface area contributed by atoms with E-state index in [0.717, 1.165) is 10.1 Å². The van der Waals surface area contributed by atoms with E-state index in [1.165, 1.54) is 25.2 Å². The number of aromatic nitrogens is 2. The third-order valence-corrected chi connectivity index (χ3v) is 3.95. The molecule has 0 bridgehead atoms. The van der Waals surface area contributed by atoms with Crippen molar-refractivity contribution in [3.8, 4) is 11.8 Å². The van der Waals surface area contributed by atoms with E-state index in [4.69, 9.17) is 10.00 Å². The Morgan fingerprint density at radius 3 is 2.88 bits per heavy atom. The van der Waals surface area contributed by atoms with Gasteiger partial charge in [0, 0.05) is 0 Å². The van der Waals surface area contributed by atoms with E-state index in [1.54, 1.807) is 18.4 Å². The monoisotopic (exact) mass is 344 g/mol. The fraction of sp³-hybridized carbons (Fsp3) is 0.250. The number of hydrogen-bond donors (Lipinski definition) is 1. The van der Waals surface area contributed by atoms with Gasteiger partial charge in [-0.1, -0.05) is 6.07 Å². The van der Waals surface area contributed by atoms with Gasteiger partial charge >= 0.3 is 0 Å². The summed E-state index contributed by atoms with van der Waals surface area (Å²) in [6.45, 7) is 1.65. The lowest BCUT2D eigenvalue weighted by Crippen LogP contribution is -2.29.